The summed E-state index contributed by atoms with van der Waals surface area (Å²) in [5.74, 6) is -1.10. The van der Waals surface area contributed by atoms with E-state index in [4.69, 9.17) is 10.5 Å². The van der Waals surface area contributed by atoms with Crippen molar-refractivity contribution >= 4 is 29.5 Å². The number of carbonyl (C=O) groups excluding carboxylic acids is 3. The zero-order valence-corrected chi connectivity index (χ0v) is 18.9. The van der Waals surface area contributed by atoms with Crippen LogP contribution in [0.2, 0.25) is 0 Å². The van der Waals surface area contributed by atoms with E-state index in [1.165, 1.54) is 18.7 Å². The van der Waals surface area contributed by atoms with E-state index in [9.17, 15) is 14.4 Å². The summed E-state index contributed by atoms with van der Waals surface area (Å²) in [7, 11) is 1.32. The normalized spacial score (nSPS) is 18.0. The summed E-state index contributed by atoms with van der Waals surface area (Å²) in [6.07, 6.45) is 5.42. The number of ether oxygens (including phenoxy) is 1. The van der Waals surface area contributed by atoms with E-state index in [2.05, 4.69) is 17.4 Å². The van der Waals surface area contributed by atoms with Crippen LogP contribution in [-0.4, -0.2) is 48.9 Å². The van der Waals surface area contributed by atoms with Gasteiger partial charge in [-0.15, -0.1) is 0 Å². The molecule has 0 unspecified atom stereocenters. The third-order valence-corrected chi connectivity index (χ3v) is 5.85. The fraction of sp³-hybridized carbons (Fsp3) is 0.346. The number of likely N-dealkylation sites (tertiary alicyclic amines) is 1. The van der Waals surface area contributed by atoms with Crippen molar-refractivity contribution < 1.29 is 19.1 Å². The van der Waals surface area contributed by atoms with Crippen molar-refractivity contribution in [2.24, 2.45) is 5.92 Å². The second-order valence-corrected chi connectivity index (χ2v) is 8.23. The van der Waals surface area contributed by atoms with Crippen LogP contribution in [0.1, 0.15) is 30.4 Å². The molecule has 1 aliphatic heterocycles. The van der Waals surface area contributed by atoms with E-state index >= 15 is 0 Å². The average Bonchev–Trinajstić information content (AvgIpc) is 3.12. The maximum Gasteiger partial charge on any atom is 0.306 e. The van der Waals surface area contributed by atoms with Crippen molar-refractivity contribution in [3.8, 4) is 0 Å². The van der Waals surface area contributed by atoms with Crippen molar-refractivity contribution in [2.75, 3.05) is 25.9 Å². The number of methoxy groups -OCH3 is 1. The Labute approximate surface area is 194 Å². The van der Waals surface area contributed by atoms with Gasteiger partial charge in [0.2, 0.25) is 11.8 Å². The first-order valence-electron chi connectivity index (χ1n) is 11.2. The van der Waals surface area contributed by atoms with E-state index < -0.39 is 11.9 Å². The first kappa shape index (κ1) is 24.0. The summed E-state index contributed by atoms with van der Waals surface area (Å²) in [5, 5.41) is 2.89. The quantitative estimate of drug-likeness (QED) is 0.330. The van der Waals surface area contributed by atoms with Gasteiger partial charge < -0.3 is 20.7 Å². The summed E-state index contributed by atoms with van der Waals surface area (Å²) >= 11 is 0. The van der Waals surface area contributed by atoms with Gasteiger partial charge in [0.1, 0.15) is 0 Å². The number of nitrogens with zero attached hydrogens (tertiary/aromatic N) is 1. The molecule has 7 heteroatoms. The minimum Gasteiger partial charge on any atom is -0.469 e. The highest BCUT2D eigenvalue weighted by Crippen LogP contribution is 2.28. The molecule has 0 saturated carbocycles. The highest BCUT2D eigenvalue weighted by molar-refractivity contribution is 5.92. The molecule has 33 heavy (non-hydrogen) atoms. The van der Waals surface area contributed by atoms with E-state index in [1.807, 2.05) is 30.3 Å². The molecule has 0 bridgehead atoms. The van der Waals surface area contributed by atoms with Gasteiger partial charge in [0.25, 0.3) is 0 Å². The lowest BCUT2D eigenvalue weighted by Gasteiger charge is -2.25. The maximum absolute atomic E-state index is 13.0. The van der Waals surface area contributed by atoms with Crippen molar-refractivity contribution in [3.63, 3.8) is 0 Å². The van der Waals surface area contributed by atoms with Crippen LogP contribution in [0.15, 0.2) is 60.7 Å². The monoisotopic (exact) mass is 449 g/mol. The van der Waals surface area contributed by atoms with Crippen molar-refractivity contribution in [3.05, 3.63) is 71.8 Å². The standard InChI is InChI=1S/C26H31N3O4/c1-33-25(31)17-21-16-23(18-28-24(30)14-11-20-9-12-22(27)13-10-20)29(26(21)32)15-5-8-19-6-3-2-4-7-19/h2-4,6-7,9-14,21,23H,5,8,15-18,27H2,1H3,(H,28,30)/t21-,23-/m0/s1. The Kier molecular flexibility index (Phi) is 8.63. The number of amides is 2. The fourth-order valence-corrected chi connectivity index (χ4v) is 4.07. The van der Waals surface area contributed by atoms with Gasteiger partial charge in [0, 0.05) is 30.9 Å². The highest BCUT2D eigenvalue weighted by Gasteiger charge is 2.40. The minimum absolute atomic E-state index is 0.0508. The second-order valence-electron chi connectivity index (χ2n) is 8.23. The SMILES string of the molecule is COC(=O)C[C@@H]1C[C@@H](CNC(=O)C=Cc2ccc(N)cc2)N(CCCc2ccccc2)C1=O. The number of anilines is 1. The predicted molar refractivity (Wildman–Crippen MR) is 128 cm³/mol. The van der Waals surface area contributed by atoms with E-state index in [0.29, 0.717) is 25.2 Å². The first-order valence-corrected chi connectivity index (χ1v) is 11.2. The molecule has 1 heterocycles. The summed E-state index contributed by atoms with van der Waals surface area (Å²) < 4.78 is 4.75. The van der Waals surface area contributed by atoms with Crippen LogP contribution in [0.25, 0.3) is 6.08 Å². The Morgan fingerprint density at radius 1 is 1.15 bits per heavy atom. The number of nitrogen functional groups attached to an aromatic ring is 1. The highest BCUT2D eigenvalue weighted by atomic mass is 16.5. The van der Waals surface area contributed by atoms with Crippen LogP contribution in [0.5, 0.6) is 0 Å². The van der Waals surface area contributed by atoms with E-state index in [1.54, 1.807) is 23.1 Å². The molecule has 3 N–H and O–H groups in total. The number of hydrogen-bond acceptors (Lipinski definition) is 5. The molecule has 1 fully saturated rings. The number of hydrogen-bond donors (Lipinski definition) is 2. The molecule has 2 atom stereocenters. The maximum atomic E-state index is 13.0. The summed E-state index contributed by atoms with van der Waals surface area (Å²) in [4.78, 5) is 38.9. The zero-order chi connectivity index (χ0) is 23.6. The van der Waals surface area contributed by atoms with Gasteiger partial charge in [-0.1, -0.05) is 42.5 Å². The summed E-state index contributed by atoms with van der Waals surface area (Å²) in [6, 6.07) is 17.2. The predicted octanol–water partition coefficient (Wildman–Crippen LogP) is 2.81. The third-order valence-electron chi connectivity index (χ3n) is 5.85. The molecular formula is C26H31N3O4. The molecule has 0 aliphatic carbocycles. The van der Waals surface area contributed by atoms with Crippen LogP contribution >= 0.6 is 0 Å². The lowest BCUT2D eigenvalue weighted by Crippen LogP contribution is -2.42. The molecule has 2 aromatic carbocycles. The van der Waals surface area contributed by atoms with Gasteiger partial charge in [-0.25, -0.2) is 0 Å². The molecule has 174 valence electrons. The smallest absolute Gasteiger partial charge is 0.306 e. The Hall–Kier alpha value is -3.61. The van der Waals surface area contributed by atoms with Crippen molar-refractivity contribution in [2.45, 2.75) is 31.7 Å². The molecule has 3 rings (SSSR count). The van der Waals surface area contributed by atoms with Crippen molar-refractivity contribution in [1.82, 2.24) is 10.2 Å². The van der Waals surface area contributed by atoms with Crippen LogP contribution < -0.4 is 11.1 Å². The summed E-state index contributed by atoms with van der Waals surface area (Å²) in [5.41, 5.74) is 8.43. The van der Waals surface area contributed by atoms with Gasteiger partial charge in [0.15, 0.2) is 0 Å². The molecule has 0 aromatic heterocycles. The fourth-order valence-electron chi connectivity index (χ4n) is 4.07. The zero-order valence-electron chi connectivity index (χ0n) is 18.9. The number of esters is 1. The van der Waals surface area contributed by atoms with Gasteiger partial charge >= 0.3 is 5.97 Å². The Balaban J connectivity index is 1.57. The van der Waals surface area contributed by atoms with Crippen LogP contribution in [-0.2, 0) is 25.5 Å². The molecule has 2 aromatic rings. The number of carbonyl (C=O) groups is 3. The Bertz CT molecular complexity index is 973. The van der Waals surface area contributed by atoms with Gasteiger partial charge in [0.05, 0.1) is 19.4 Å². The number of nitrogens with one attached hydrogen (secondary N) is 1. The van der Waals surface area contributed by atoms with Crippen LogP contribution in [0.3, 0.4) is 0 Å². The topological polar surface area (TPSA) is 102 Å². The van der Waals surface area contributed by atoms with Gasteiger partial charge in [-0.2, -0.15) is 0 Å². The molecule has 7 nitrogen and oxygen atoms in total. The van der Waals surface area contributed by atoms with E-state index in [0.717, 1.165) is 18.4 Å². The molecule has 0 radical (unpaired) electrons. The molecular weight excluding hydrogens is 418 g/mol. The summed E-state index contributed by atoms with van der Waals surface area (Å²) in [6.45, 7) is 0.910. The lowest BCUT2D eigenvalue weighted by atomic mass is 10.0. The van der Waals surface area contributed by atoms with Crippen LogP contribution in [0, 0.1) is 5.92 Å². The second kappa shape index (κ2) is 11.9. The van der Waals surface area contributed by atoms with Crippen LogP contribution in [0.4, 0.5) is 5.69 Å². The molecule has 2 amide bonds. The minimum atomic E-state index is -0.415. The lowest BCUT2D eigenvalue weighted by molar-refractivity contribution is -0.144. The number of nitrogens with two attached hydrogens (primary N) is 1. The van der Waals surface area contributed by atoms with Gasteiger partial charge in [-0.05, 0) is 48.6 Å². The molecule has 1 saturated heterocycles. The first-order chi connectivity index (χ1) is 16.0. The largest absolute Gasteiger partial charge is 0.469 e. The van der Waals surface area contributed by atoms with Crippen molar-refractivity contribution in [1.29, 1.82) is 0 Å². The van der Waals surface area contributed by atoms with Gasteiger partial charge in [-0.3, -0.25) is 14.4 Å². The molecule has 0 spiro atoms. The van der Waals surface area contributed by atoms with E-state index in [-0.39, 0.29) is 24.3 Å². The number of rotatable bonds is 10. The Morgan fingerprint density at radius 2 is 1.88 bits per heavy atom. The Morgan fingerprint density at radius 3 is 2.58 bits per heavy atom. The third kappa shape index (κ3) is 7.20. The number of benzene rings is 2. The molecule has 1 aliphatic rings. The number of aryl methyl sites for hydroxylation is 1. The average molecular weight is 450 g/mol.